The predicted molar refractivity (Wildman–Crippen MR) is 358 cm³/mol. The van der Waals surface area contributed by atoms with Gasteiger partial charge >= 0.3 is 0 Å². The van der Waals surface area contributed by atoms with Crippen LogP contribution in [0.4, 0.5) is 0 Å². The highest BCUT2D eigenvalue weighted by Gasteiger charge is 2.20. The molecular weight excluding hydrogens is 989 g/mol. The molecule has 0 saturated heterocycles. The van der Waals surface area contributed by atoms with Crippen LogP contribution in [0, 0.1) is 13.8 Å². The molecule has 0 atom stereocenters. The lowest BCUT2D eigenvalue weighted by atomic mass is 9.84. The molecular formula is C80H100N2. The third-order valence-corrected chi connectivity index (χ3v) is 17.3. The molecule has 0 bridgehead atoms. The fourth-order valence-corrected chi connectivity index (χ4v) is 12.3. The Kier molecular flexibility index (Phi) is 25.3. The fraction of sp³-hybridized carbons (Fsp3) is 0.425. The van der Waals surface area contributed by atoms with Crippen molar-refractivity contribution in [3.63, 3.8) is 0 Å². The highest BCUT2D eigenvalue weighted by atomic mass is 14.9. The summed E-state index contributed by atoms with van der Waals surface area (Å²) < 4.78 is 0. The van der Waals surface area contributed by atoms with E-state index in [4.69, 9.17) is 9.97 Å². The van der Waals surface area contributed by atoms with Crippen LogP contribution in [0.1, 0.15) is 215 Å². The Morgan fingerprint density at radius 2 is 0.585 bits per heavy atom. The predicted octanol–water partition coefficient (Wildman–Crippen LogP) is 24.4. The zero-order valence-corrected chi connectivity index (χ0v) is 51.7. The summed E-state index contributed by atoms with van der Waals surface area (Å²) in [5.74, 6) is 0.773. The Morgan fingerprint density at radius 3 is 1.01 bits per heavy atom. The molecule has 1 heterocycles. The summed E-state index contributed by atoms with van der Waals surface area (Å²) in [6.07, 6.45) is 35.1. The standard InChI is InChI=1S/C80H100N2/c1-7-11-15-19-23-29-41-68-57-76(69(53-62(68)6)42-30-24-20-16-12-8-2)72-54-73(56-74(55-72)80-81-78(66-37-33-27-34-38-66)60-79(82-80)67-39-35-28-36-40-67)77-59-70(43-31-25-21-17-13-9-3)75(58-71(77)44-32-26-22-18-14-10-4)65-51-49-64(50-52-65)63-47-45-61(5)46-48-63/h27-28,33-40,45-60H,7-26,29-32,41-44H2,1-6H3. The highest BCUT2D eigenvalue weighted by Crippen LogP contribution is 2.41. The molecule has 0 saturated carbocycles. The molecule has 0 fully saturated rings. The lowest BCUT2D eigenvalue weighted by Crippen LogP contribution is -2.01. The number of nitrogens with zero attached hydrogens (tertiary/aromatic N) is 2. The van der Waals surface area contributed by atoms with E-state index in [1.807, 2.05) is 0 Å². The van der Waals surface area contributed by atoms with Crippen LogP contribution in [-0.2, 0) is 25.7 Å². The van der Waals surface area contributed by atoms with Crippen molar-refractivity contribution in [2.75, 3.05) is 0 Å². The molecule has 0 aliphatic rings. The van der Waals surface area contributed by atoms with Crippen molar-refractivity contribution < 1.29 is 0 Å². The molecule has 8 rings (SSSR count). The van der Waals surface area contributed by atoms with E-state index in [1.165, 1.54) is 232 Å². The molecule has 0 radical (unpaired) electrons. The summed E-state index contributed by atoms with van der Waals surface area (Å²) >= 11 is 0. The van der Waals surface area contributed by atoms with E-state index in [-0.39, 0.29) is 0 Å². The lowest BCUT2D eigenvalue weighted by molar-refractivity contribution is 0.605. The minimum atomic E-state index is 0.773. The van der Waals surface area contributed by atoms with Crippen molar-refractivity contribution in [2.45, 2.75) is 221 Å². The number of aryl methyl sites for hydroxylation is 6. The first-order chi connectivity index (χ1) is 40.3. The normalized spacial score (nSPS) is 11.4. The minimum Gasteiger partial charge on any atom is -0.228 e. The molecule has 430 valence electrons. The Bertz CT molecular complexity index is 3070. The topological polar surface area (TPSA) is 25.8 Å². The zero-order chi connectivity index (χ0) is 57.1. The van der Waals surface area contributed by atoms with Gasteiger partial charge in [0.1, 0.15) is 0 Å². The van der Waals surface area contributed by atoms with Gasteiger partial charge in [0, 0.05) is 16.7 Å². The molecule has 2 heteroatoms. The zero-order valence-electron chi connectivity index (χ0n) is 51.7. The molecule has 0 aliphatic carbocycles. The molecule has 0 amide bonds. The summed E-state index contributed by atoms with van der Waals surface area (Å²) in [5.41, 5.74) is 24.4. The van der Waals surface area contributed by atoms with Gasteiger partial charge in [-0.15, -0.1) is 0 Å². The molecule has 82 heavy (non-hydrogen) atoms. The average Bonchev–Trinajstić information content (AvgIpc) is 3.55. The van der Waals surface area contributed by atoms with Gasteiger partial charge in [0.05, 0.1) is 11.4 Å². The van der Waals surface area contributed by atoms with Gasteiger partial charge < -0.3 is 0 Å². The van der Waals surface area contributed by atoms with Gasteiger partial charge in [0.2, 0.25) is 0 Å². The monoisotopic (exact) mass is 1090 g/mol. The van der Waals surface area contributed by atoms with Crippen LogP contribution in [0.5, 0.6) is 0 Å². The maximum Gasteiger partial charge on any atom is 0.160 e. The van der Waals surface area contributed by atoms with Crippen LogP contribution in [-0.4, -0.2) is 9.97 Å². The number of rotatable bonds is 35. The maximum atomic E-state index is 5.55. The highest BCUT2D eigenvalue weighted by molar-refractivity contribution is 5.85. The van der Waals surface area contributed by atoms with Crippen LogP contribution in [0.15, 0.2) is 158 Å². The first kappa shape index (κ1) is 61.7. The van der Waals surface area contributed by atoms with Crippen LogP contribution in [0.25, 0.3) is 78.4 Å². The van der Waals surface area contributed by atoms with Crippen molar-refractivity contribution in [3.05, 3.63) is 191 Å². The van der Waals surface area contributed by atoms with E-state index in [0.717, 1.165) is 59.6 Å². The summed E-state index contributed by atoms with van der Waals surface area (Å²) in [6, 6.07) is 60.1. The molecule has 2 nitrogen and oxygen atoms in total. The molecule has 8 aromatic rings. The van der Waals surface area contributed by atoms with Crippen molar-refractivity contribution >= 4 is 0 Å². The summed E-state index contributed by atoms with van der Waals surface area (Å²) in [5, 5.41) is 0. The molecule has 0 spiro atoms. The Hall–Kier alpha value is -6.38. The van der Waals surface area contributed by atoms with Gasteiger partial charge in [-0.25, -0.2) is 9.97 Å². The number of aromatic nitrogens is 2. The van der Waals surface area contributed by atoms with E-state index < -0.39 is 0 Å². The third kappa shape index (κ3) is 18.3. The van der Waals surface area contributed by atoms with Gasteiger partial charge in [0.15, 0.2) is 5.82 Å². The van der Waals surface area contributed by atoms with Crippen LogP contribution in [0.2, 0.25) is 0 Å². The van der Waals surface area contributed by atoms with Gasteiger partial charge in [-0.1, -0.05) is 295 Å². The van der Waals surface area contributed by atoms with Crippen LogP contribution in [0.3, 0.4) is 0 Å². The van der Waals surface area contributed by atoms with E-state index in [0.29, 0.717) is 0 Å². The van der Waals surface area contributed by atoms with Crippen LogP contribution >= 0.6 is 0 Å². The summed E-state index contributed by atoms with van der Waals surface area (Å²) in [6.45, 7) is 13.8. The van der Waals surface area contributed by atoms with E-state index >= 15 is 0 Å². The Balaban J connectivity index is 1.34. The van der Waals surface area contributed by atoms with E-state index in [1.54, 1.807) is 0 Å². The van der Waals surface area contributed by atoms with Crippen molar-refractivity contribution in [1.29, 1.82) is 0 Å². The average molecular weight is 1090 g/mol. The van der Waals surface area contributed by atoms with Gasteiger partial charge in [-0.2, -0.15) is 0 Å². The molecule has 0 unspecified atom stereocenters. The SMILES string of the molecule is CCCCCCCCc1cc(-c2cc(-c3nc(-c4ccccc4)cc(-c4ccccc4)n3)cc(-c3cc(CCCCCCCC)c(-c4ccc(-c5ccc(C)cc5)cc4)cc3CCCCCCCC)c2)c(CCCCCCCC)cc1C. The second-order valence-corrected chi connectivity index (χ2v) is 24.1. The third-order valence-electron chi connectivity index (χ3n) is 17.3. The smallest absolute Gasteiger partial charge is 0.160 e. The molecule has 0 aliphatic heterocycles. The minimum absolute atomic E-state index is 0.773. The van der Waals surface area contributed by atoms with Crippen molar-refractivity contribution in [2.24, 2.45) is 0 Å². The Labute approximate surface area is 498 Å². The number of unbranched alkanes of at least 4 members (excludes halogenated alkanes) is 20. The largest absolute Gasteiger partial charge is 0.228 e. The van der Waals surface area contributed by atoms with Crippen molar-refractivity contribution in [1.82, 2.24) is 9.97 Å². The van der Waals surface area contributed by atoms with Gasteiger partial charge in [0.25, 0.3) is 0 Å². The first-order valence-corrected chi connectivity index (χ1v) is 33.0. The molecule has 1 aromatic heterocycles. The summed E-state index contributed by atoms with van der Waals surface area (Å²) in [7, 11) is 0. The number of hydrogen-bond acceptors (Lipinski definition) is 2. The molecule has 7 aromatic carbocycles. The van der Waals surface area contributed by atoms with Gasteiger partial charge in [-0.3, -0.25) is 0 Å². The van der Waals surface area contributed by atoms with E-state index in [9.17, 15) is 0 Å². The fourth-order valence-electron chi connectivity index (χ4n) is 12.3. The van der Waals surface area contributed by atoms with E-state index in [2.05, 4.69) is 199 Å². The number of hydrogen-bond donors (Lipinski definition) is 0. The van der Waals surface area contributed by atoms with Crippen LogP contribution < -0.4 is 0 Å². The summed E-state index contributed by atoms with van der Waals surface area (Å²) in [4.78, 5) is 11.1. The second-order valence-electron chi connectivity index (χ2n) is 24.1. The Morgan fingerprint density at radius 1 is 0.256 bits per heavy atom. The number of benzene rings is 7. The maximum absolute atomic E-state index is 5.55. The first-order valence-electron chi connectivity index (χ1n) is 33.0. The second kappa shape index (κ2) is 33.7. The molecule has 0 N–H and O–H groups in total. The lowest BCUT2D eigenvalue weighted by Gasteiger charge is -2.21. The van der Waals surface area contributed by atoms with Crippen molar-refractivity contribution in [3.8, 4) is 78.4 Å². The van der Waals surface area contributed by atoms with Gasteiger partial charge in [-0.05, 0) is 162 Å². The quantitative estimate of drug-likeness (QED) is 0.0370.